The highest BCUT2D eigenvalue weighted by molar-refractivity contribution is 7.90. The van der Waals surface area contributed by atoms with Crippen LogP contribution in [0.5, 0.6) is 0 Å². The second-order valence-electron chi connectivity index (χ2n) is 6.61. The molecule has 2 aromatic heterocycles. The van der Waals surface area contributed by atoms with Crippen LogP contribution in [0.1, 0.15) is 12.7 Å². The fourth-order valence-corrected chi connectivity index (χ4v) is 4.02. The Morgan fingerprint density at radius 2 is 1.89 bits per heavy atom. The van der Waals surface area contributed by atoms with E-state index in [4.69, 9.17) is 4.98 Å². The number of imidazole rings is 1. The Balaban J connectivity index is 1.60. The minimum absolute atomic E-state index is 0.255. The lowest BCUT2D eigenvalue weighted by Gasteiger charge is -2.10. The quantitative estimate of drug-likeness (QED) is 0.540. The van der Waals surface area contributed by atoms with Gasteiger partial charge in [-0.05, 0) is 37.3 Å². The number of nitrogens with zero attached hydrogens (tertiary/aromatic N) is 4. The van der Waals surface area contributed by atoms with Crippen LogP contribution in [0.25, 0.3) is 21.9 Å². The van der Waals surface area contributed by atoms with Gasteiger partial charge in [-0.2, -0.15) is 0 Å². The van der Waals surface area contributed by atoms with Gasteiger partial charge in [-0.25, -0.2) is 23.4 Å². The van der Waals surface area contributed by atoms with Crippen LogP contribution in [-0.2, 0) is 22.8 Å². The highest BCUT2D eigenvalue weighted by Crippen LogP contribution is 2.23. The van der Waals surface area contributed by atoms with Crippen molar-refractivity contribution >= 4 is 37.6 Å². The SMILES string of the molecule is CCn1c(CCNc2ncnc3ccc(S(C)(=O)=O)cc23)nc2ccccc21. The van der Waals surface area contributed by atoms with Gasteiger partial charge in [0.05, 0.1) is 21.4 Å². The van der Waals surface area contributed by atoms with E-state index in [1.165, 1.54) is 12.6 Å². The van der Waals surface area contributed by atoms with E-state index in [0.717, 1.165) is 29.8 Å². The van der Waals surface area contributed by atoms with Crippen molar-refractivity contribution in [3.8, 4) is 0 Å². The average Bonchev–Trinajstić information content (AvgIpc) is 3.04. The number of hydrogen-bond donors (Lipinski definition) is 1. The van der Waals surface area contributed by atoms with E-state index in [9.17, 15) is 8.42 Å². The Labute approximate surface area is 163 Å². The van der Waals surface area contributed by atoms with Crippen LogP contribution in [-0.4, -0.2) is 40.7 Å². The molecule has 7 nitrogen and oxygen atoms in total. The van der Waals surface area contributed by atoms with E-state index in [1.807, 2.05) is 18.2 Å². The van der Waals surface area contributed by atoms with Crippen LogP contribution >= 0.6 is 0 Å². The maximum Gasteiger partial charge on any atom is 0.175 e. The normalized spacial score (nSPS) is 11.9. The molecule has 0 fully saturated rings. The second kappa shape index (κ2) is 7.20. The lowest BCUT2D eigenvalue weighted by Crippen LogP contribution is -2.11. The summed E-state index contributed by atoms with van der Waals surface area (Å²) >= 11 is 0. The summed E-state index contributed by atoms with van der Waals surface area (Å²) in [5.74, 6) is 1.63. The maximum absolute atomic E-state index is 11.9. The smallest absolute Gasteiger partial charge is 0.175 e. The molecular formula is C20H21N5O2S. The van der Waals surface area contributed by atoms with E-state index < -0.39 is 9.84 Å². The number of hydrogen-bond acceptors (Lipinski definition) is 6. The Kier molecular flexibility index (Phi) is 4.72. The van der Waals surface area contributed by atoms with Crippen LogP contribution in [0, 0.1) is 0 Å². The Hall–Kier alpha value is -3.00. The third-order valence-corrected chi connectivity index (χ3v) is 5.84. The molecule has 0 atom stereocenters. The van der Waals surface area contributed by atoms with Gasteiger partial charge in [0.25, 0.3) is 0 Å². The molecule has 0 spiro atoms. The molecule has 2 aromatic carbocycles. The highest BCUT2D eigenvalue weighted by atomic mass is 32.2. The summed E-state index contributed by atoms with van der Waals surface area (Å²) in [6, 6.07) is 13.0. The first-order valence-electron chi connectivity index (χ1n) is 9.10. The number of aryl methyl sites for hydroxylation is 1. The molecule has 28 heavy (non-hydrogen) atoms. The van der Waals surface area contributed by atoms with Crippen molar-refractivity contribution in [2.75, 3.05) is 18.1 Å². The zero-order chi connectivity index (χ0) is 19.7. The Morgan fingerprint density at radius 1 is 1.07 bits per heavy atom. The number of para-hydroxylation sites is 2. The summed E-state index contributed by atoms with van der Waals surface area (Å²) in [7, 11) is -3.30. The topological polar surface area (TPSA) is 89.8 Å². The van der Waals surface area contributed by atoms with E-state index in [-0.39, 0.29) is 4.90 Å². The van der Waals surface area contributed by atoms with Gasteiger partial charge >= 0.3 is 0 Å². The van der Waals surface area contributed by atoms with Crippen LogP contribution < -0.4 is 5.32 Å². The first-order chi connectivity index (χ1) is 13.5. The van der Waals surface area contributed by atoms with Crippen molar-refractivity contribution in [1.29, 1.82) is 0 Å². The molecule has 4 rings (SSSR count). The summed E-state index contributed by atoms with van der Waals surface area (Å²) in [5.41, 5.74) is 2.82. The zero-order valence-electron chi connectivity index (χ0n) is 15.8. The van der Waals surface area contributed by atoms with Crippen LogP contribution in [0.2, 0.25) is 0 Å². The zero-order valence-corrected chi connectivity index (χ0v) is 16.6. The molecule has 144 valence electrons. The minimum atomic E-state index is -3.30. The van der Waals surface area contributed by atoms with Gasteiger partial charge in [-0.15, -0.1) is 0 Å². The Bertz CT molecular complexity index is 1260. The molecule has 0 aliphatic heterocycles. The molecule has 4 aromatic rings. The van der Waals surface area contributed by atoms with Crippen LogP contribution in [0.4, 0.5) is 5.82 Å². The van der Waals surface area contributed by atoms with Gasteiger partial charge in [-0.1, -0.05) is 12.1 Å². The fraction of sp³-hybridized carbons (Fsp3) is 0.250. The van der Waals surface area contributed by atoms with E-state index in [1.54, 1.807) is 18.2 Å². The number of fused-ring (bicyclic) bond motifs is 2. The van der Waals surface area contributed by atoms with E-state index in [0.29, 0.717) is 23.3 Å². The summed E-state index contributed by atoms with van der Waals surface area (Å²) < 4.78 is 25.9. The lowest BCUT2D eigenvalue weighted by molar-refractivity contribution is 0.602. The number of sulfone groups is 1. The average molecular weight is 395 g/mol. The predicted molar refractivity (Wildman–Crippen MR) is 110 cm³/mol. The molecule has 8 heteroatoms. The van der Waals surface area contributed by atoms with Crippen molar-refractivity contribution in [1.82, 2.24) is 19.5 Å². The molecule has 0 bridgehead atoms. The molecule has 0 unspecified atom stereocenters. The molecular weight excluding hydrogens is 374 g/mol. The van der Waals surface area contributed by atoms with Crippen LogP contribution in [0.3, 0.4) is 0 Å². The number of nitrogens with one attached hydrogen (secondary N) is 1. The first-order valence-corrected chi connectivity index (χ1v) is 11.0. The summed E-state index contributed by atoms with van der Waals surface area (Å²) in [4.78, 5) is 13.5. The molecule has 0 aliphatic carbocycles. The van der Waals surface area contributed by atoms with Gasteiger partial charge in [-0.3, -0.25) is 0 Å². The summed E-state index contributed by atoms with van der Waals surface area (Å²) in [6.07, 6.45) is 3.39. The molecule has 1 N–H and O–H groups in total. The minimum Gasteiger partial charge on any atom is -0.369 e. The van der Waals surface area contributed by atoms with Crippen molar-refractivity contribution in [2.45, 2.75) is 24.8 Å². The Morgan fingerprint density at radius 3 is 2.68 bits per heavy atom. The van der Waals surface area contributed by atoms with E-state index >= 15 is 0 Å². The van der Waals surface area contributed by atoms with Gasteiger partial charge in [0.2, 0.25) is 0 Å². The van der Waals surface area contributed by atoms with Gasteiger partial charge in [0.15, 0.2) is 9.84 Å². The maximum atomic E-state index is 11.9. The van der Waals surface area contributed by atoms with E-state index in [2.05, 4.69) is 32.8 Å². The first kappa shape index (κ1) is 18.4. The highest BCUT2D eigenvalue weighted by Gasteiger charge is 2.12. The van der Waals surface area contributed by atoms with Crippen molar-refractivity contribution < 1.29 is 8.42 Å². The van der Waals surface area contributed by atoms with Crippen molar-refractivity contribution in [3.63, 3.8) is 0 Å². The largest absolute Gasteiger partial charge is 0.369 e. The van der Waals surface area contributed by atoms with Crippen molar-refractivity contribution in [2.24, 2.45) is 0 Å². The molecule has 0 radical (unpaired) electrons. The second-order valence-corrected chi connectivity index (χ2v) is 8.63. The monoisotopic (exact) mass is 395 g/mol. The third kappa shape index (κ3) is 3.43. The van der Waals surface area contributed by atoms with Crippen molar-refractivity contribution in [3.05, 3.63) is 54.6 Å². The lowest BCUT2D eigenvalue weighted by atomic mass is 10.2. The number of benzene rings is 2. The number of rotatable bonds is 6. The molecule has 0 aliphatic rings. The summed E-state index contributed by atoms with van der Waals surface area (Å²) in [5, 5.41) is 4.00. The molecule has 0 saturated heterocycles. The molecule has 2 heterocycles. The molecule has 0 saturated carbocycles. The van der Waals surface area contributed by atoms with Gasteiger partial charge < -0.3 is 9.88 Å². The van der Waals surface area contributed by atoms with Gasteiger partial charge in [0, 0.05) is 31.2 Å². The van der Waals surface area contributed by atoms with Crippen LogP contribution in [0.15, 0.2) is 53.7 Å². The number of anilines is 1. The van der Waals surface area contributed by atoms with Gasteiger partial charge in [0.1, 0.15) is 18.0 Å². The molecule has 0 amide bonds. The third-order valence-electron chi connectivity index (χ3n) is 4.73. The fourth-order valence-electron chi connectivity index (χ4n) is 3.37. The summed E-state index contributed by atoms with van der Waals surface area (Å²) in [6.45, 7) is 3.58. The standard InChI is InChI=1S/C20H21N5O2S/c1-3-25-18-7-5-4-6-17(18)24-19(25)10-11-21-20-15-12-14(28(2,26)27)8-9-16(15)22-13-23-20/h4-9,12-13H,3,10-11H2,1-2H3,(H,21,22,23). The number of aromatic nitrogens is 4. The predicted octanol–water partition coefficient (Wildman–Crippen LogP) is 3.06.